The number of phosphoric acid groups is 1. The minimum absolute atomic E-state index is 0.0740. The predicted molar refractivity (Wildman–Crippen MR) is 57.6 cm³/mol. The summed E-state index contributed by atoms with van der Waals surface area (Å²) in [5.41, 5.74) is 0. The zero-order valence-electron chi connectivity index (χ0n) is 9.89. The molecule has 0 aliphatic heterocycles. The Kier molecular flexibility index (Phi) is 8.29. The first-order chi connectivity index (χ1) is 7.04. The first-order valence-corrected chi connectivity index (χ1v) is 6.61. The van der Waals surface area contributed by atoms with Crippen molar-refractivity contribution in [2.45, 2.75) is 27.7 Å². The Labute approximate surface area is 91.7 Å². The molecular formula is C9H21O5P. The summed E-state index contributed by atoms with van der Waals surface area (Å²) in [5, 5.41) is 0. The van der Waals surface area contributed by atoms with Crippen molar-refractivity contribution in [1.29, 1.82) is 0 Å². The summed E-state index contributed by atoms with van der Waals surface area (Å²) in [7, 11) is -3.40. The maximum atomic E-state index is 11.7. The zero-order chi connectivity index (χ0) is 11.7. The van der Waals surface area contributed by atoms with Gasteiger partial charge in [0.05, 0.1) is 19.8 Å². The molecule has 15 heavy (non-hydrogen) atoms. The van der Waals surface area contributed by atoms with Crippen LogP contribution in [0.2, 0.25) is 0 Å². The highest BCUT2D eigenvalue weighted by molar-refractivity contribution is 7.48. The van der Waals surface area contributed by atoms with Crippen LogP contribution < -0.4 is 0 Å². The van der Waals surface area contributed by atoms with Crippen LogP contribution in [0, 0.1) is 5.92 Å². The van der Waals surface area contributed by atoms with Gasteiger partial charge in [0.2, 0.25) is 0 Å². The maximum Gasteiger partial charge on any atom is 0.476 e. The molecule has 92 valence electrons. The van der Waals surface area contributed by atoms with Gasteiger partial charge in [-0.3, -0.25) is 13.6 Å². The normalized spacial score (nSPS) is 12.3. The van der Waals surface area contributed by atoms with E-state index in [0.29, 0.717) is 12.5 Å². The fraction of sp³-hybridized carbons (Fsp3) is 1.00. The van der Waals surface area contributed by atoms with E-state index in [9.17, 15) is 4.57 Å². The van der Waals surface area contributed by atoms with Crippen LogP contribution in [0.5, 0.6) is 0 Å². The van der Waals surface area contributed by atoms with Crippen LogP contribution >= 0.6 is 7.82 Å². The highest BCUT2D eigenvalue weighted by Crippen LogP contribution is 2.48. The molecule has 0 spiro atoms. The SMILES string of the molecule is CCOP(=O)(OCC)OCOCC(C)C. The smallest absolute Gasteiger partial charge is 0.355 e. The second kappa shape index (κ2) is 8.25. The minimum Gasteiger partial charge on any atom is -0.355 e. The van der Waals surface area contributed by atoms with Gasteiger partial charge in [-0.15, -0.1) is 0 Å². The lowest BCUT2D eigenvalue weighted by atomic mass is 10.2. The van der Waals surface area contributed by atoms with E-state index < -0.39 is 7.82 Å². The fourth-order valence-corrected chi connectivity index (χ4v) is 1.87. The molecule has 0 saturated heterocycles. The van der Waals surface area contributed by atoms with E-state index in [0.717, 1.165) is 0 Å². The molecular weight excluding hydrogens is 219 g/mol. The molecule has 0 rings (SSSR count). The Morgan fingerprint density at radius 1 is 1.07 bits per heavy atom. The quantitative estimate of drug-likeness (QED) is 0.352. The summed E-state index contributed by atoms with van der Waals surface area (Å²) in [6.45, 7) is 8.53. The van der Waals surface area contributed by atoms with Gasteiger partial charge in [-0.05, 0) is 19.8 Å². The molecule has 0 atom stereocenters. The molecule has 5 nitrogen and oxygen atoms in total. The van der Waals surface area contributed by atoms with Gasteiger partial charge in [0, 0.05) is 0 Å². The molecule has 0 N–H and O–H groups in total. The summed E-state index contributed by atoms with van der Waals surface area (Å²) in [4.78, 5) is 0. The molecule has 6 heteroatoms. The monoisotopic (exact) mass is 240 g/mol. The van der Waals surface area contributed by atoms with Crippen LogP contribution in [0.1, 0.15) is 27.7 Å². The van der Waals surface area contributed by atoms with Gasteiger partial charge in [0.1, 0.15) is 0 Å². The Hall–Kier alpha value is 0.0700. The number of hydrogen-bond donors (Lipinski definition) is 0. The van der Waals surface area contributed by atoms with E-state index in [1.54, 1.807) is 13.8 Å². The van der Waals surface area contributed by atoms with E-state index in [1.165, 1.54) is 0 Å². The lowest BCUT2D eigenvalue weighted by Crippen LogP contribution is -2.07. The molecule has 0 aromatic heterocycles. The number of phosphoric ester groups is 1. The van der Waals surface area contributed by atoms with E-state index in [1.807, 2.05) is 13.8 Å². The summed E-state index contributed by atoms with van der Waals surface area (Å²) >= 11 is 0. The van der Waals surface area contributed by atoms with Crippen LogP contribution in [0.4, 0.5) is 0 Å². The molecule has 0 unspecified atom stereocenters. The van der Waals surface area contributed by atoms with Crippen molar-refractivity contribution in [3.8, 4) is 0 Å². The Bertz CT molecular complexity index is 185. The van der Waals surface area contributed by atoms with Crippen molar-refractivity contribution >= 4 is 7.82 Å². The van der Waals surface area contributed by atoms with E-state index in [-0.39, 0.29) is 20.0 Å². The molecule has 0 aliphatic rings. The number of hydrogen-bond acceptors (Lipinski definition) is 5. The molecule has 0 aromatic rings. The van der Waals surface area contributed by atoms with Crippen LogP contribution in [0.25, 0.3) is 0 Å². The minimum atomic E-state index is -3.40. The second-order valence-electron chi connectivity index (χ2n) is 3.29. The second-order valence-corrected chi connectivity index (χ2v) is 4.96. The Morgan fingerprint density at radius 2 is 1.60 bits per heavy atom. The van der Waals surface area contributed by atoms with Crippen LogP contribution in [-0.4, -0.2) is 26.6 Å². The van der Waals surface area contributed by atoms with Crippen LogP contribution in [0.15, 0.2) is 0 Å². The largest absolute Gasteiger partial charge is 0.476 e. The van der Waals surface area contributed by atoms with Gasteiger partial charge >= 0.3 is 7.82 Å². The van der Waals surface area contributed by atoms with Gasteiger partial charge in [-0.25, -0.2) is 4.57 Å². The lowest BCUT2D eigenvalue weighted by molar-refractivity contribution is -0.0224. The molecule has 0 amide bonds. The molecule has 0 radical (unpaired) electrons. The third-order valence-corrected chi connectivity index (χ3v) is 2.89. The molecule has 0 aliphatic carbocycles. The van der Waals surface area contributed by atoms with Crippen LogP contribution in [0.3, 0.4) is 0 Å². The maximum absolute atomic E-state index is 11.7. The van der Waals surface area contributed by atoms with Gasteiger partial charge < -0.3 is 4.74 Å². The average molecular weight is 240 g/mol. The van der Waals surface area contributed by atoms with Gasteiger partial charge in [0.25, 0.3) is 0 Å². The van der Waals surface area contributed by atoms with Gasteiger partial charge in [-0.1, -0.05) is 13.8 Å². The van der Waals surface area contributed by atoms with E-state index in [4.69, 9.17) is 18.3 Å². The van der Waals surface area contributed by atoms with E-state index >= 15 is 0 Å². The topological polar surface area (TPSA) is 54.0 Å². The molecule has 0 bridgehead atoms. The Morgan fingerprint density at radius 3 is 2.00 bits per heavy atom. The van der Waals surface area contributed by atoms with Crippen molar-refractivity contribution < 1.29 is 22.9 Å². The van der Waals surface area contributed by atoms with Crippen molar-refractivity contribution in [3.63, 3.8) is 0 Å². The number of rotatable bonds is 9. The average Bonchev–Trinajstić information content (AvgIpc) is 2.13. The van der Waals surface area contributed by atoms with Gasteiger partial charge in [0.15, 0.2) is 6.79 Å². The van der Waals surface area contributed by atoms with Crippen molar-refractivity contribution in [1.82, 2.24) is 0 Å². The predicted octanol–water partition coefficient (Wildman–Crippen LogP) is 2.81. The molecule has 0 aromatic carbocycles. The third kappa shape index (κ3) is 7.94. The Balaban J connectivity index is 3.80. The van der Waals surface area contributed by atoms with Crippen molar-refractivity contribution in [3.05, 3.63) is 0 Å². The van der Waals surface area contributed by atoms with Crippen LogP contribution in [-0.2, 0) is 22.9 Å². The molecule has 0 heterocycles. The summed E-state index contributed by atoms with van der Waals surface area (Å²) in [6.07, 6.45) is 0. The first kappa shape index (κ1) is 15.1. The van der Waals surface area contributed by atoms with Crippen molar-refractivity contribution in [2.75, 3.05) is 26.6 Å². The zero-order valence-corrected chi connectivity index (χ0v) is 10.8. The lowest BCUT2D eigenvalue weighted by Gasteiger charge is -2.16. The first-order valence-electron chi connectivity index (χ1n) is 5.15. The summed E-state index contributed by atoms with van der Waals surface area (Å²) in [5.74, 6) is 0.409. The summed E-state index contributed by atoms with van der Waals surface area (Å²) < 4.78 is 31.6. The fourth-order valence-electron chi connectivity index (χ4n) is 0.814. The highest BCUT2D eigenvalue weighted by atomic mass is 31.2. The number of ether oxygens (including phenoxy) is 1. The molecule has 0 fully saturated rings. The molecule has 0 saturated carbocycles. The summed E-state index contributed by atoms with van der Waals surface area (Å²) in [6, 6.07) is 0. The standard InChI is InChI=1S/C9H21O5P/c1-5-12-15(10,13-6-2)14-8-11-7-9(3)4/h9H,5-8H2,1-4H3. The third-order valence-electron chi connectivity index (χ3n) is 1.32. The van der Waals surface area contributed by atoms with Gasteiger partial charge in [-0.2, -0.15) is 0 Å². The highest BCUT2D eigenvalue weighted by Gasteiger charge is 2.25. The van der Waals surface area contributed by atoms with E-state index in [2.05, 4.69) is 0 Å². The van der Waals surface area contributed by atoms with Crippen molar-refractivity contribution in [2.24, 2.45) is 5.92 Å².